The Morgan fingerprint density at radius 3 is 2.71 bits per heavy atom. The van der Waals surface area contributed by atoms with E-state index in [0.29, 0.717) is 32.7 Å². The van der Waals surface area contributed by atoms with E-state index < -0.39 is 0 Å². The molecule has 0 saturated carbocycles. The summed E-state index contributed by atoms with van der Waals surface area (Å²) in [6, 6.07) is 9.69. The van der Waals surface area contributed by atoms with Gasteiger partial charge < -0.3 is 9.47 Å². The van der Waals surface area contributed by atoms with Crippen LogP contribution < -0.4 is 9.47 Å². The first kappa shape index (κ1) is 20.8. The van der Waals surface area contributed by atoms with Gasteiger partial charge in [0.2, 0.25) is 0 Å². The smallest absolute Gasteiger partial charge is 0.259 e. The van der Waals surface area contributed by atoms with Gasteiger partial charge in [-0.15, -0.1) is 0 Å². The van der Waals surface area contributed by atoms with E-state index in [2.05, 4.69) is 21.0 Å². The van der Waals surface area contributed by atoms with Crippen molar-refractivity contribution in [3.63, 3.8) is 0 Å². The first-order valence-electron chi connectivity index (χ1n) is 8.35. The van der Waals surface area contributed by atoms with Gasteiger partial charge in [-0.2, -0.15) is 10.1 Å². The zero-order valence-electron chi connectivity index (χ0n) is 14.9. The number of thiocarbonyl (C=S) groups is 1. The topological polar surface area (TPSA) is 51.1 Å². The Morgan fingerprint density at radius 2 is 2.07 bits per heavy atom. The van der Waals surface area contributed by atoms with Gasteiger partial charge in [-0.25, -0.2) is 4.39 Å². The summed E-state index contributed by atoms with van der Waals surface area (Å²) in [4.78, 5) is 11.8. The van der Waals surface area contributed by atoms with Crippen molar-refractivity contribution >= 4 is 56.4 Å². The average molecular weight is 483 g/mol. The van der Waals surface area contributed by atoms with Gasteiger partial charge in [0.25, 0.3) is 5.91 Å². The van der Waals surface area contributed by atoms with E-state index in [-0.39, 0.29) is 18.3 Å². The van der Waals surface area contributed by atoms with Crippen molar-refractivity contribution in [1.82, 2.24) is 5.01 Å². The van der Waals surface area contributed by atoms with Crippen molar-refractivity contribution < 1.29 is 18.7 Å². The zero-order valence-corrected chi connectivity index (χ0v) is 18.1. The second kappa shape index (κ2) is 9.49. The molecule has 2 aromatic carbocycles. The summed E-state index contributed by atoms with van der Waals surface area (Å²) in [7, 11) is 0. The first-order chi connectivity index (χ1) is 13.5. The number of hydrogen-bond acceptors (Lipinski definition) is 6. The fourth-order valence-electron chi connectivity index (χ4n) is 2.39. The number of hydrogen-bond donors (Lipinski definition) is 0. The van der Waals surface area contributed by atoms with Gasteiger partial charge in [0.05, 0.1) is 23.0 Å². The maximum absolute atomic E-state index is 13.0. The van der Waals surface area contributed by atoms with Crippen molar-refractivity contribution in [1.29, 1.82) is 0 Å². The maximum Gasteiger partial charge on any atom is 0.259 e. The zero-order chi connectivity index (χ0) is 20.1. The Bertz CT molecular complexity index is 906. The van der Waals surface area contributed by atoms with Gasteiger partial charge >= 0.3 is 0 Å². The number of rotatable bonds is 7. The maximum atomic E-state index is 13.0. The minimum Gasteiger partial charge on any atom is -0.490 e. The molecule has 1 aliphatic heterocycles. The van der Waals surface area contributed by atoms with Crippen LogP contribution in [0.2, 0.25) is 0 Å². The van der Waals surface area contributed by atoms with Crippen LogP contribution in [0.4, 0.5) is 4.39 Å². The van der Waals surface area contributed by atoms with E-state index >= 15 is 0 Å². The molecule has 0 bridgehead atoms. The third-order valence-electron chi connectivity index (χ3n) is 3.68. The molecule has 5 nitrogen and oxygen atoms in total. The van der Waals surface area contributed by atoms with Gasteiger partial charge in [0.15, 0.2) is 15.8 Å². The average Bonchev–Trinajstić information content (AvgIpc) is 2.99. The number of ether oxygens (including phenoxy) is 2. The van der Waals surface area contributed by atoms with E-state index in [1.807, 2.05) is 13.0 Å². The molecule has 2 aromatic rings. The summed E-state index contributed by atoms with van der Waals surface area (Å²) in [5, 5.41) is 5.39. The molecule has 1 heterocycles. The van der Waals surface area contributed by atoms with Crippen LogP contribution in [0.3, 0.4) is 0 Å². The van der Waals surface area contributed by atoms with E-state index in [0.717, 1.165) is 11.1 Å². The van der Waals surface area contributed by atoms with Crippen LogP contribution in [0, 0.1) is 5.82 Å². The lowest BCUT2D eigenvalue weighted by molar-refractivity contribution is -0.123. The van der Waals surface area contributed by atoms with Gasteiger partial charge in [-0.05, 0) is 58.2 Å². The lowest BCUT2D eigenvalue weighted by atomic mass is 10.2. The molecule has 1 saturated heterocycles. The molecule has 28 heavy (non-hydrogen) atoms. The van der Waals surface area contributed by atoms with Gasteiger partial charge in [-0.3, -0.25) is 4.79 Å². The third kappa shape index (κ3) is 5.09. The van der Waals surface area contributed by atoms with Gasteiger partial charge in [0, 0.05) is 0 Å². The van der Waals surface area contributed by atoms with Crippen LogP contribution in [0.25, 0.3) is 0 Å². The molecular formula is C19H16BrFN2O3S2. The number of thioether (sulfide) groups is 1. The molecule has 9 heteroatoms. The van der Waals surface area contributed by atoms with Crippen molar-refractivity contribution in [3.05, 3.63) is 57.8 Å². The molecule has 0 radical (unpaired) electrons. The van der Waals surface area contributed by atoms with E-state index in [9.17, 15) is 9.18 Å². The molecule has 0 spiro atoms. The number of amides is 1. The predicted octanol–water partition coefficient (Wildman–Crippen LogP) is 4.76. The van der Waals surface area contributed by atoms with Crippen molar-refractivity contribution in [2.75, 3.05) is 12.4 Å². The minimum absolute atomic E-state index is 0.144. The van der Waals surface area contributed by atoms with Crippen molar-refractivity contribution in [2.24, 2.45) is 5.10 Å². The Kier molecular flexibility index (Phi) is 7.03. The van der Waals surface area contributed by atoms with Crippen LogP contribution in [-0.2, 0) is 11.4 Å². The van der Waals surface area contributed by atoms with E-state index in [1.165, 1.54) is 28.9 Å². The normalized spacial score (nSPS) is 14.2. The molecule has 0 unspecified atom stereocenters. The lowest BCUT2D eigenvalue weighted by Gasteiger charge is -2.15. The minimum atomic E-state index is -0.294. The molecule has 146 valence electrons. The summed E-state index contributed by atoms with van der Waals surface area (Å²) in [5.74, 6) is 0.935. The highest BCUT2D eigenvalue weighted by Gasteiger charge is 2.26. The predicted molar refractivity (Wildman–Crippen MR) is 116 cm³/mol. The Morgan fingerprint density at radius 1 is 1.32 bits per heavy atom. The molecule has 0 N–H and O–H groups in total. The number of benzene rings is 2. The van der Waals surface area contributed by atoms with Crippen molar-refractivity contribution in [2.45, 2.75) is 13.5 Å². The van der Waals surface area contributed by atoms with E-state index in [1.54, 1.807) is 24.4 Å². The molecule has 0 atom stereocenters. The van der Waals surface area contributed by atoms with Crippen LogP contribution in [0.1, 0.15) is 18.1 Å². The number of carbonyl (C=O) groups excluding carboxylic acids is 1. The molecular weight excluding hydrogens is 467 g/mol. The van der Waals surface area contributed by atoms with Crippen LogP contribution in [0.5, 0.6) is 11.5 Å². The number of hydrazone groups is 1. The second-order valence-electron chi connectivity index (χ2n) is 5.68. The van der Waals surface area contributed by atoms with Crippen LogP contribution >= 0.6 is 39.9 Å². The Hall–Kier alpha value is -1.97. The van der Waals surface area contributed by atoms with Crippen molar-refractivity contribution in [3.8, 4) is 11.5 Å². The van der Waals surface area contributed by atoms with Crippen LogP contribution in [-0.4, -0.2) is 33.8 Å². The molecule has 1 amide bonds. The molecule has 3 rings (SSSR count). The SMILES string of the molecule is CCOc1cc(/C=N\N2C(=O)CSC2=S)cc(Br)c1OCc1ccc(F)cc1. The first-order valence-corrected chi connectivity index (χ1v) is 10.5. The summed E-state index contributed by atoms with van der Waals surface area (Å²) < 4.78 is 25.7. The van der Waals surface area contributed by atoms with E-state index in [4.69, 9.17) is 21.7 Å². The highest BCUT2D eigenvalue weighted by atomic mass is 79.9. The highest BCUT2D eigenvalue weighted by molar-refractivity contribution is 9.10. The summed E-state index contributed by atoms with van der Waals surface area (Å²) in [5.41, 5.74) is 1.55. The Labute approximate surface area is 180 Å². The van der Waals surface area contributed by atoms with Crippen LogP contribution in [0.15, 0.2) is 46.0 Å². The quantitative estimate of drug-likeness (QED) is 0.420. The number of nitrogens with zero attached hydrogens (tertiary/aromatic N) is 2. The highest BCUT2D eigenvalue weighted by Crippen LogP contribution is 2.37. The van der Waals surface area contributed by atoms with Gasteiger partial charge in [-0.1, -0.05) is 36.1 Å². The Balaban J connectivity index is 1.80. The third-order valence-corrected chi connectivity index (χ3v) is 5.61. The molecule has 0 aromatic heterocycles. The molecule has 1 fully saturated rings. The standard InChI is InChI=1S/C19H16BrFN2O3S2/c1-2-25-16-8-13(9-22-23-17(24)11-28-19(23)27)7-15(20)18(16)26-10-12-3-5-14(21)6-4-12/h3-9H,2,10-11H2,1H3/b22-9-. The molecule has 1 aliphatic rings. The monoisotopic (exact) mass is 482 g/mol. The lowest BCUT2D eigenvalue weighted by Crippen LogP contribution is -2.22. The number of halogens is 2. The second-order valence-corrected chi connectivity index (χ2v) is 8.15. The summed E-state index contributed by atoms with van der Waals surface area (Å²) in [6.45, 7) is 2.59. The largest absolute Gasteiger partial charge is 0.490 e. The van der Waals surface area contributed by atoms with Gasteiger partial charge in [0.1, 0.15) is 12.4 Å². The summed E-state index contributed by atoms with van der Waals surface area (Å²) >= 11 is 9.89. The summed E-state index contributed by atoms with van der Waals surface area (Å²) in [6.07, 6.45) is 1.55. The fraction of sp³-hybridized carbons (Fsp3) is 0.211. The fourth-order valence-corrected chi connectivity index (χ4v) is 3.93. The number of carbonyl (C=O) groups is 1. The molecule has 0 aliphatic carbocycles.